The number of hydrogen-bond acceptors (Lipinski definition) is 8. The van der Waals surface area contributed by atoms with Gasteiger partial charge in [0.2, 0.25) is 5.82 Å². The maximum atomic E-state index is 9.71. The summed E-state index contributed by atoms with van der Waals surface area (Å²) in [5.74, 6) is 2.63. The van der Waals surface area contributed by atoms with E-state index < -0.39 is 6.10 Å². The fourth-order valence-electron chi connectivity index (χ4n) is 3.38. The molecule has 31 heavy (non-hydrogen) atoms. The lowest BCUT2D eigenvalue weighted by molar-refractivity contribution is 0.113. The number of ether oxygens (including phenoxy) is 1. The summed E-state index contributed by atoms with van der Waals surface area (Å²) in [7, 11) is 2.01. The largest absolute Gasteiger partial charge is 0.490 e. The van der Waals surface area contributed by atoms with Crippen molar-refractivity contribution < 1.29 is 14.4 Å². The maximum absolute atomic E-state index is 9.71. The average Bonchev–Trinajstić information content (AvgIpc) is 3.27. The lowest BCUT2D eigenvalue weighted by atomic mass is 10.0. The number of aryl methyl sites for hydroxylation is 3. The molecule has 1 aromatic carbocycles. The molecule has 3 rings (SSSR count). The van der Waals surface area contributed by atoms with Gasteiger partial charge in [-0.3, -0.25) is 0 Å². The first-order valence-corrected chi connectivity index (χ1v) is 10.5. The number of rotatable bonds is 9. The zero-order valence-electron chi connectivity index (χ0n) is 18.8. The first kappa shape index (κ1) is 22.7. The number of nitrogens with zero attached hydrogens (tertiary/aromatic N) is 4. The molecule has 0 radical (unpaired) electrons. The van der Waals surface area contributed by atoms with Gasteiger partial charge in [0.05, 0.1) is 5.56 Å². The molecule has 8 nitrogen and oxygen atoms in total. The smallest absolute Gasteiger partial charge is 0.259 e. The van der Waals surface area contributed by atoms with Gasteiger partial charge in [-0.25, -0.2) is 4.98 Å². The van der Waals surface area contributed by atoms with Crippen molar-refractivity contribution in [1.29, 1.82) is 0 Å². The van der Waals surface area contributed by atoms with Gasteiger partial charge in [0.15, 0.2) is 0 Å². The zero-order valence-corrected chi connectivity index (χ0v) is 18.8. The number of aromatic nitrogens is 3. The normalized spacial score (nSPS) is 12.1. The number of benzene rings is 1. The second-order valence-corrected chi connectivity index (χ2v) is 7.64. The third-order valence-corrected chi connectivity index (χ3v) is 5.24. The van der Waals surface area contributed by atoms with Crippen LogP contribution >= 0.6 is 0 Å². The van der Waals surface area contributed by atoms with E-state index in [9.17, 15) is 5.11 Å². The Morgan fingerprint density at radius 1 is 1.16 bits per heavy atom. The minimum Gasteiger partial charge on any atom is -0.490 e. The number of hydrogen-bond donors (Lipinski definition) is 2. The number of nitrogens with two attached hydrogens (primary N) is 1. The van der Waals surface area contributed by atoms with Crippen molar-refractivity contribution in [2.75, 3.05) is 31.6 Å². The monoisotopic (exact) mass is 425 g/mol. The quantitative estimate of drug-likeness (QED) is 0.538. The molecule has 2 heterocycles. The van der Waals surface area contributed by atoms with Gasteiger partial charge in [0.25, 0.3) is 5.89 Å². The van der Waals surface area contributed by atoms with E-state index in [2.05, 4.69) is 33.9 Å². The van der Waals surface area contributed by atoms with E-state index in [1.54, 1.807) is 6.20 Å². The van der Waals surface area contributed by atoms with E-state index in [0.717, 1.165) is 52.4 Å². The van der Waals surface area contributed by atoms with Gasteiger partial charge >= 0.3 is 0 Å². The number of aliphatic hydroxyl groups excluding tert-OH is 1. The summed E-state index contributed by atoms with van der Waals surface area (Å²) in [4.78, 5) is 11.2. The zero-order chi connectivity index (χ0) is 22.5. The van der Waals surface area contributed by atoms with Crippen molar-refractivity contribution in [3.8, 4) is 28.6 Å². The fourth-order valence-corrected chi connectivity index (χ4v) is 3.38. The molecular weight excluding hydrogens is 394 g/mol. The van der Waals surface area contributed by atoms with Crippen LogP contribution in [0.15, 0.2) is 28.9 Å². The molecule has 0 saturated heterocycles. The Morgan fingerprint density at radius 3 is 2.55 bits per heavy atom. The van der Waals surface area contributed by atoms with Gasteiger partial charge in [-0.2, -0.15) is 4.98 Å². The molecule has 0 bridgehead atoms. The van der Waals surface area contributed by atoms with Crippen LogP contribution < -0.4 is 15.4 Å². The van der Waals surface area contributed by atoms with E-state index in [0.29, 0.717) is 11.7 Å². The summed E-state index contributed by atoms with van der Waals surface area (Å²) in [6.07, 6.45) is 1.83. The molecule has 8 heteroatoms. The molecule has 3 N–H and O–H groups in total. The molecule has 0 aliphatic heterocycles. The average molecular weight is 426 g/mol. The summed E-state index contributed by atoms with van der Waals surface area (Å²) < 4.78 is 11.4. The van der Waals surface area contributed by atoms with Gasteiger partial charge in [-0.15, -0.1) is 0 Å². The molecule has 1 unspecified atom stereocenters. The van der Waals surface area contributed by atoms with E-state index in [-0.39, 0.29) is 13.2 Å². The van der Waals surface area contributed by atoms with Crippen LogP contribution in [-0.4, -0.2) is 53.1 Å². The number of pyridine rings is 1. The van der Waals surface area contributed by atoms with Crippen LogP contribution in [0, 0.1) is 13.8 Å². The van der Waals surface area contributed by atoms with Crippen molar-refractivity contribution in [3.63, 3.8) is 0 Å². The molecule has 0 saturated carbocycles. The lowest BCUT2D eigenvalue weighted by Crippen LogP contribution is -2.27. The van der Waals surface area contributed by atoms with Crippen molar-refractivity contribution in [3.05, 3.63) is 41.1 Å². The SMILES string of the molecule is CCc1cc(-c2noc(-c3cnc(N(C)CC)c(C)c3)n2)cc(C)c1OCC(O)CN. The van der Waals surface area contributed by atoms with Crippen LogP contribution in [0.4, 0.5) is 5.82 Å². The molecule has 1 atom stereocenters. The number of anilines is 1. The standard InChI is InChI=1S/C23H31N5O3/c1-6-16-10-17(8-14(3)20(16)30-13-19(29)11-24)21-26-23(31-27-21)18-9-15(4)22(25-12-18)28(5)7-2/h8-10,12,19,29H,6-7,11,13,24H2,1-5H3. The van der Waals surface area contributed by atoms with Gasteiger partial charge in [-0.1, -0.05) is 12.1 Å². The minimum atomic E-state index is -0.691. The number of aliphatic hydroxyl groups is 1. The molecular formula is C23H31N5O3. The Bertz CT molecular complexity index is 1030. The van der Waals surface area contributed by atoms with Crippen LogP contribution in [0.3, 0.4) is 0 Å². The Balaban J connectivity index is 1.88. The Kier molecular flexibility index (Phi) is 7.25. The van der Waals surface area contributed by atoms with E-state index in [4.69, 9.17) is 15.0 Å². The summed E-state index contributed by atoms with van der Waals surface area (Å²) in [6.45, 7) is 9.32. The van der Waals surface area contributed by atoms with Crippen molar-refractivity contribution in [2.45, 2.75) is 40.2 Å². The highest BCUT2D eigenvalue weighted by molar-refractivity contribution is 5.64. The van der Waals surface area contributed by atoms with Gasteiger partial charge < -0.3 is 25.0 Å². The van der Waals surface area contributed by atoms with Gasteiger partial charge in [0.1, 0.15) is 24.3 Å². The summed E-state index contributed by atoms with van der Waals surface area (Å²) >= 11 is 0. The van der Waals surface area contributed by atoms with Crippen LogP contribution in [0.25, 0.3) is 22.8 Å². The first-order chi connectivity index (χ1) is 14.9. The molecule has 0 aliphatic rings. The molecule has 0 aliphatic carbocycles. The topological polar surface area (TPSA) is 111 Å². The molecule has 2 aromatic heterocycles. The summed E-state index contributed by atoms with van der Waals surface area (Å²) in [6, 6.07) is 5.96. The van der Waals surface area contributed by atoms with E-state index >= 15 is 0 Å². The predicted molar refractivity (Wildman–Crippen MR) is 121 cm³/mol. The van der Waals surface area contributed by atoms with Gasteiger partial charge in [-0.05, 0) is 62.1 Å². The summed E-state index contributed by atoms with van der Waals surface area (Å²) in [5, 5.41) is 13.9. The van der Waals surface area contributed by atoms with E-state index in [1.165, 1.54) is 0 Å². The molecule has 0 fully saturated rings. The maximum Gasteiger partial charge on any atom is 0.259 e. The molecule has 3 aromatic rings. The summed E-state index contributed by atoms with van der Waals surface area (Å²) in [5.41, 5.74) is 10.1. The molecule has 0 amide bonds. The van der Waals surface area contributed by atoms with Crippen LogP contribution in [-0.2, 0) is 6.42 Å². The lowest BCUT2D eigenvalue weighted by Gasteiger charge is -2.17. The first-order valence-electron chi connectivity index (χ1n) is 10.5. The van der Waals surface area contributed by atoms with Crippen molar-refractivity contribution >= 4 is 5.82 Å². The highest BCUT2D eigenvalue weighted by Gasteiger charge is 2.17. The third-order valence-electron chi connectivity index (χ3n) is 5.24. The highest BCUT2D eigenvalue weighted by atomic mass is 16.5. The minimum absolute atomic E-state index is 0.158. The van der Waals surface area contributed by atoms with Crippen LogP contribution in [0.5, 0.6) is 5.75 Å². The van der Waals surface area contributed by atoms with Crippen LogP contribution in [0.1, 0.15) is 30.5 Å². The van der Waals surface area contributed by atoms with E-state index in [1.807, 2.05) is 39.1 Å². The van der Waals surface area contributed by atoms with Crippen molar-refractivity contribution in [2.24, 2.45) is 5.73 Å². The predicted octanol–water partition coefficient (Wildman–Crippen LogP) is 3.13. The van der Waals surface area contributed by atoms with Crippen LogP contribution in [0.2, 0.25) is 0 Å². The molecule has 0 spiro atoms. The third kappa shape index (κ3) is 5.03. The Morgan fingerprint density at radius 2 is 1.90 bits per heavy atom. The second kappa shape index (κ2) is 9.89. The van der Waals surface area contributed by atoms with Gasteiger partial charge in [0, 0.05) is 31.9 Å². The fraction of sp³-hybridized carbons (Fsp3) is 0.435. The van der Waals surface area contributed by atoms with Crippen molar-refractivity contribution in [1.82, 2.24) is 15.1 Å². The Labute approximate surface area is 183 Å². The molecule has 166 valence electrons. The second-order valence-electron chi connectivity index (χ2n) is 7.64. The Hall–Kier alpha value is -2.97. The highest BCUT2D eigenvalue weighted by Crippen LogP contribution is 2.31.